The van der Waals surface area contributed by atoms with Gasteiger partial charge in [-0.05, 0) is 17.7 Å². The predicted octanol–water partition coefficient (Wildman–Crippen LogP) is 3.12. The molecule has 2 aromatic carbocycles. The number of rotatable bonds is 3. The molecule has 1 aliphatic heterocycles. The van der Waals surface area contributed by atoms with E-state index >= 15 is 0 Å². The van der Waals surface area contributed by atoms with E-state index in [1.165, 1.54) is 0 Å². The number of carbonyl (C=O) groups excluding carboxylic acids is 1. The summed E-state index contributed by atoms with van der Waals surface area (Å²) in [6.45, 7) is 0.924. The first-order valence-corrected chi connectivity index (χ1v) is 6.96. The molecule has 3 rings (SSSR count). The van der Waals surface area contributed by atoms with E-state index < -0.39 is 0 Å². The van der Waals surface area contributed by atoms with E-state index in [1.807, 2.05) is 67.7 Å². The zero-order chi connectivity index (χ0) is 14.7. The Bertz CT molecular complexity index is 677. The van der Waals surface area contributed by atoms with Crippen molar-refractivity contribution in [1.82, 2.24) is 4.90 Å². The normalized spacial score (nSPS) is 12.9. The number of fused-ring (bicyclic) bond motifs is 1. The molecule has 0 saturated heterocycles. The van der Waals surface area contributed by atoms with Crippen LogP contribution in [0.2, 0.25) is 0 Å². The summed E-state index contributed by atoms with van der Waals surface area (Å²) >= 11 is 0. The van der Waals surface area contributed by atoms with E-state index in [4.69, 9.17) is 4.74 Å². The zero-order valence-electron chi connectivity index (χ0n) is 12.0. The Hall–Kier alpha value is -2.55. The smallest absolute Gasteiger partial charge is 0.253 e. The number of para-hydroxylation sites is 1. The third-order valence-corrected chi connectivity index (χ3v) is 3.52. The molecule has 1 amide bonds. The fourth-order valence-electron chi connectivity index (χ4n) is 2.41. The summed E-state index contributed by atoms with van der Waals surface area (Å²) < 4.78 is 5.64. The highest BCUT2D eigenvalue weighted by Gasteiger charge is 2.19. The Balaban J connectivity index is 1.75. The number of likely N-dealkylation sites (N-methyl/N-ethyl adjacent to an activating group) is 1. The number of amides is 1. The molecule has 1 heterocycles. The first-order chi connectivity index (χ1) is 10.2. The van der Waals surface area contributed by atoms with Crippen LogP contribution in [0.3, 0.4) is 0 Å². The van der Waals surface area contributed by atoms with E-state index in [1.54, 1.807) is 4.90 Å². The van der Waals surface area contributed by atoms with E-state index in [-0.39, 0.29) is 5.91 Å². The minimum Gasteiger partial charge on any atom is -0.488 e. The van der Waals surface area contributed by atoms with Crippen LogP contribution in [0.4, 0.5) is 0 Å². The van der Waals surface area contributed by atoms with Gasteiger partial charge in [0.15, 0.2) is 0 Å². The van der Waals surface area contributed by atoms with Crippen molar-refractivity contribution in [2.24, 2.45) is 0 Å². The lowest BCUT2D eigenvalue weighted by molar-refractivity contribution is -0.126. The summed E-state index contributed by atoms with van der Waals surface area (Å²) in [5.74, 6) is 0.841. The second-order valence-electron chi connectivity index (χ2n) is 5.14. The van der Waals surface area contributed by atoms with Crippen LogP contribution in [0.15, 0.2) is 60.2 Å². The maximum atomic E-state index is 12.5. The molecule has 0 saturated carbocycles. The first-order valence-electron chi connectivity index (χ1n) is 6.96. The van der Waals surface area contributed by atoms with Crippen LogP contribution in [0.1, 0.15) is 11.1 Å². The maximum Gasteiger partial charge on any atom is 0.253 e. The summed E-state index contributed by atoms with van der Waals surface area (Å²) in [7, 11) is 1.82. The van der Waals surface area contributed by atoms with Crippen LogP contribution in [0, 0.1) is 0 Å². The van der Waals surface area contributed by atoms with E-state index in [0.717, 1.165) is 16.9 Å². The standard InChI is InChI=1S/C18H17NO2/c1-19(12-14-7-3-2-4-8-14)18(20)16-11-15-9-5-6-10-17(15)21-13-16/h2-11H,12-13H2,1H3. The van der Waals surface area contributed by atoms with Gasteiger partial charge in [-0.15, -0.1) is 0 Å². The topological polar surface area (TPSA) is 29.5 Å². The Morgan fingerprint density at radius 1 is 1.10 bits per heavy atom. The Kier molecular flexibility index (Phi) is 3.73. The van der Waals surface area contributed by atoms with Crippen molar-refractivity contribution in [3.63, 3.8) is 0 Å². The minimum absolute atomic E-state index is 0.00774. The van der Waals surface area contributed by atoms with Crippen molar-refractivity contribution >= 4 is 12.0 Å². The molecule has 0 spiro atoms. The van der Waals surface area contributed by atoms with Crippen molar-refractivity contribution in [2.45, 2.75) is 6.54 Å². The van der Waals surface area contributed by atoms with Crippen LogP contribution in [0.5, 0.6) is 5.75 Å². The van der Waals surface area contributed by atoms with Gasteiger partial charge < -0.3 is 9.64 Å². The lowest BCUT2D eigenvalue weighted by Crippen LogP contribution is -2.30. The number of ether oxygens (including phenoxy) is 1. The molecule has 0 fully saturated rings. The highest BCUT2D eigenvalue weighted by Crippen LogP contribution is 2.26. The van der Waals surface area contributed by atoms with Crippen molar-refractivity contribution < 1.29 is 9.53 Å². The molecule has 21 heavy (non-hydrogen) atoms. The monoisotopic (exact) mass is 279 g/mol. The third-order valence-electron chi connectivity index (χ3n) is 3.52. The lowest BCUT2D eigenvalue weighted by Gasteiger charge is -2.22. The molecule has 0 aromatic heterocycles. The molecular weight excluding hydrogens is 262 g/mol. The Morgan fingerprint density at radius 3 is 2.62 bits per heavy atom. The van der Waals surface area contributed by atoms with Gasteiger partial charge in [0.05, 0.1) is 5.57 Å². The summed E-state index contributed by atoms with van der Waals surface area (Å²) in [4.78, 5) is 14.2. The summed E-state index contributed by atoms with van der Waals surface area (Å²) in [5.41, 5.74) is 2.76. The van der Waals surface area contributed by atoms with Crippen LogP contribution >= 0.6 is 0 Å². The summed E-state index contributed by atoms with van der Waals surface area (Å²) in [5, 5.41) is 0. The van der Waals surface area contributed by atoms with E-state index in [9.17, 15) is 4.79 Å². The Labute approximate surface area is 124 Å². The minimum atomic E-state index is 0.00774. The molecule has 0 radical (unpaired) electrons. The molecule has 0 aliphatic carbocycles. The van der Waals surface area contributed by atoms with Gasteiger partial charge >= 0.3 is 0 Å². The van der Waals surface area contributed by atoms with Crippen molar-refractivity contribution in [2.75, 3.05) is 13.7 Å². The number of carbonyl (C=O) groups is 1. The molecular formula is C18H17NO2. The van der Waals surface area contributed by atoms with Crippen LogP contribution < -0.4 is 4.74 Å². The average Bonchev–Trinajstić information content (AvgIpc) is 2.54. The van der Waals surface area contributed by atoms with Crippen LogP contribution in [-0.2, 0) is 11.3 Å². The maximum absolute atomic E-state index is 12.5. The number of hydrogen-bond donors (Lipinski definition) is 0. The van der Waals surface area contributed by atoms with Gasteiger partial charge in [-0.2, -0.15) is 0 Å². The lowest BCUT2D eigenvalue weighted by atomic mass is 10.1. The first kappa shape index (κ1) is 13.4. The average molecular weight is 279 g/mol. The summed E-state index contributed by atoms with van der Waals surface area (Å²) in [6.07, 6.45) is 1.92. The number of benzene rings is 2. The van der Waals surface area contributed by atoms with Crippen molar-refractivity contribution in [3.05, 3.63) is 71.3 Å². The van der Waals surface area contributed by atoms with Gasteiger partial charge in [-0.3, -0.25) is 4.79 Å². The summed E-state index contributed by atoms with van der Waals surface area (Å²) in [6, 6.07) is 17.7. The second kappa shape index (κ2) is 5.83. The second-order valence-corrected chi connectivity index (χ2v) is 5.14. The molecule has 3 nitrogen and oxygen atoms in total. The molecule has 2 aromatic rings. The van der Waals surface area contributed by atoms with E-state index in [2.05, 4.69) is 0 Å². The fraction of sp³-hybridized carbons (Fsp3) is 0.167. The quantitative estimate of drug-likeness (QED) is 0.864. The molecule has 0 atom stereocenters. The molecule has 0 bridgehead atoms. The fourth-order valence-corrected chi connectivity index (χ4v) is 2.41. The van der Waals surface area contributed by atoms with Crippen LogP contribution in [0.25, 0.3) is 6.08 Å². The van der Waals surface area contributed by atoms with Crippen molar-refractivity contribution in [1.29, 1.82) is 0 Å². The SMILES string of the molecule is CN(Cc1ccccc1)C(=O)C1=Cc2ccccc2OC1. The van der Waals surface area contributed by atoms with Gasteiger partial charge in [-0.25, -0.2) is 0 Å². The molecule has 3 heteroatoms. The molecule has 0 N–H and O–H groups in total. The van der Waals surface area contributed by atoms with Gasteiger partial charge in [-0.1, -0.05) is 48.5 Å². The molecule has 1 aliphatic rings. The highest BCUT2D eigenvalue weighted by atomic mass is 16.5. The highest BCUT2D eigenvalue weighted by molar-refractivity contribution is 5.98. The van der Waals surface area contributed by atoms with Gasteiger partial charge in [0, 0.05) is 19.2 Å². The van der Waals surface area contributed by atoms with Gasteiger partial charge in [0.2, 0.25) is 0 Å². The number of nitrogens with zero attached hydrogens (tertiary/aromatic N) is 1. The van der Waals surface area contributed by atoms with Gasteiger partial charge in [0.25, 0.3) is 5.91 Å². The van der Waals surface area contributed by atoms with Crippen molar-refractivity contribution in [3.8, 4) is 5.75 Å². The van der Waals surface area contributed by atoms with Crippen LogP contribution in [-0.4, -0.2) is 24.5 Å². The predicted molar refractivity (Wildman–Crippen MR) is 82.8 cm³/mol. The zero-order valence-corrected chi connectivity index (χ0v) is 12.0. The largest absolute Gasteiger partial charge is 0.488 e. The Morgan fingerprint density at radius 2 is 1.81 bits per heavy atom. The van der Waals surface area contributed by atoms with Gasteiger partial charge in [0.1, 0.15) is 12.4 Å². The molecule has 0 unspecified atom stereocenters. The third kappa shape index (κ3) is 2.97. The van der Waals surface area contributed by atoms with E-state index in [0.29, 0.717) is 18.7 Å². The molecule has 106 valence electrons. The number of hydrogen-bond acceptors (Lipinski definition) is 2.